The minimum atomic E-state index is -4.75. The third-order valence-corrected chi connectivity index (χ3v) is 8.37. The monoisotopic (exact) mass is 612 g/mol. The first kappa shape index (κ1) is 33.6. The molecule has 0 bridgehead atoms. The first-order valence-electron chi connectivity index (χ1n) is 13.7. The first-order valence-corrected chi connectivity index (χ1v) is 14.1. The normalized spacial score (nSPS) is 19.9. The summed E-state index contributed by atoms with van der Waals surface area (Å²) in [5.41, 5.74) is -5.05. The van der Waals surface area contributed by atoms with Crippen LogP contribution in [0.4, 0.5) is 30.7 Å². The molecule has 4 nitrogen and oxygen atoms in total. The van der Waals surface area contributed by atoms with Crippen molar-refractivity contribution in [2.24, 2.45) is 0 Å². The van der Waals surface area contributed by atoms with Crippen LogP contribution < -0.4 is 0 Å². The molecule has 2 aliphatic rings. The van der Waals surface area contributed by atoms with E-state index in [1.807, 2.05) is 6.92 Å². The highest BCUT2D eigenvalue weighted by atomic mass is 35.5. The lowest BCUT2D eigenvalue weighted by atomic mass is 9.83. The molecule has 4 rings (SSSR count). The van der Waals surface area contributed by atoms with E-state index < -0.39 is 40.5 Å². The maximum Gasteiger partial charge on any atom is 0.419 e. The fourth-order valence-corrected chi connectivity index (χ4v) is 5.87. The quantitative estimate of drug-likeness (QED) is 0.351. The number of piperidine rings is 2. The van der Waals surface area contributed by atoms with Crippen LogP contribution in [0.1, 0.15) is 68.2 Å². The molecule has 0 radical (unpaired) electrons. The second kappa shape index (κ2) is 13.2. The largest absolute Gasteiger partial charge is 0.419 e. The fourth-order valence-electron chi connectivity index (χ4n) is 5.46. The average Bonchev–Trinajstić information content (AvgIpc) is 2.90. The smallest absolute Gasteiger partial charge is 0.385 e. The van der Waals surface area contributed by atoms with Crippen LogP contribution >= 0.6 is 11.6 Å². The molecular formula is C29H36ClF7N2O2. The zero-order valence-corrected chi connectivity index (χ0v) is 23.8. The number of hydrogen-bond donors (Lipinski definition) is 2. The zero-order chi connectivity index (χ0) is 30.6. The molecule has 12 heteroatoms. The van der Waals surface area contributed by atoms with Crippen molar-refractivity contribution in [3.8, 4) is 0 Å². The average molecular weight is 613 g/mol. The van der Waals surface area contributed by atoms with Crippen LogP contribution in [0, 0.1) is 5.82 Å². The van der Waals surface area contributed by atoms with Gasteiger partial charge in [0.25, 0.3) is 0 Å². The van der Waals surface area contributed by atoms with E-state index in [1.54, 1.807) is 0 Å². The Kier molecular flexibility index (Phi) is 10.8. The summed E-state index contributed by atoms with van der Waals surface area (Å²) in [6, 6.07) is 6.83. The summed E-state index contributed by atoms with van der Waals surface area (Å²) in [6.07, 6.45) is -6.98. The van der Waals surface area contributed by atoms with Gasteiger partial charge in [0.1, 0.15) is 5.82 Å². The van der Waals surface area contributed by atoms with E-state index in [9.17, 15) is 40.9 Å². The lowest BCUT2D eigenvalue weighted by molar-refractivity contribution is -0.140. The van der Waals surface area contributed by atoms with E-state index >= 15 is 0 Å². The molecule has 0 aliphatic carbocycles. The van der Waals surface area contributed by atoms with Gasteiger partial charge in [0.2, 0.25) is 0 Å². The van der Waals surface area contributed by atoms with Gasteiger partial charge in [-0.1, -0.05) is 49.7 Å². The Bertz CT molecular complexity index is 1160. The molecule has 2 aromatic rings. The van der Waals surface area contributed by atoms with Gasteiger partial charge in [0, 0.05) is 37.3 Å². The molecule has 2 N–H and O–H groups in total. The Labute approximate surface area is 240 Å². The zero-order valence-electron chi connectivity index (χ0n) is 23.1. The van der Waals surface area contributed by atoms with Gasteiger partial charge >= 0.3 is 12.4 Å². The van der Waals surface area contributed by atoms with Crippen LogP contribution in [0.15, 0.2) is 36.4 Å². The Morgan fingerprint density at radius 2 is 1.17 bits per heavy atom. The van der Waals surface area contributed by atoms with Crippen molar-refractivity contribution in [2.45, 2.75) is 69.5 Å². The minimum absolute atomic E-state index is 0.190. The molecule has 41 heavy (non-hydrogen) atoms. The van der Waals surface area contributed by atoms with Crippen LogP contribution in [0.25, 0.3) is 0 Å². The molecule has 2 aromatic carbocycles. The number of benzene rings is 2. The lowest BCUT2D eigenvalue weighted by Crippen LogP contribution is -2.43. The second-order valence-electron chi connectivity index (χ2n) is 10.7. The number of rotatable bonds is 5. The standard InChI is InChI=1S/C15H19ClF3NO.C14H17F4NO/c1-2-8-20-9-6-14(21,7-10-20)11-4-3-5-12(13(11)16)15(17,18)19;1-2-19-8-6-13(20,7-9-19)10-4-3-5-11(12(10)15)14(16,17)18/h3-5,21H,2,6-10H2,1H3;3-5,20H,2,6-9H2,1H3. The SMILES string of the molecule is CCCN1CCC(O)(c2cccc(C(F)(F)F)c2Cl)CC1.CCN1CCC(O)(c2cccc(C(F)(F)F)c2F)CC1. The van der Waals surface area contributed by atoms with Crippen molar-refractivity contribution in [1.82, 2.24) is 9.80 Å². The second-order valence-corrected chi connectivity index (χ2v) is 11.0. The molecule has 0 aromatic heterocycles. The van der Waals surface area contributed by atoms with Crippen LogP contribution in [0.5, 0.6) is 0 Å². The van der Waals surface area contributed by atoms with Gasteiger partial charge in [-0.15, -0.1) is 0 Å². The van der Waals surface area contributed by atoms with E-state index in [-0.39, 0.29) is 29.0 Å². The summed E-state index contributed by atoms with van der Waals surface area (Å²) < 4.78 is 90.9. The summed E-state index contributed by atoms with van der Waals surface area (Å²) in [6.45, 7) is 8.20. The molecule has 2 fully saturated rings. The Morgan fingerprint density at radius 1 is 0.732 bits per heavy atom. The molecule has 0 atom stereocenters. The van der Waals surface area contributed by atoms with Crippen molar-refractivity contribution in [3.63, 3.8) is 0 Å². The van der Waals surface area contributed by atoms with Crippen molar-refractivity contribution >= 4 is 11.6 Å². The number of halogens is 8. The molecule has 0 saturated carbocycles. The van der Waals surface area contributed by atoms with Crippen molar-refractivity contribution in [3.05, 3.63) is 69.5 Å². The van der Waals surface area contributed by atoms with E-state index in [4.69, 9.17) is 11.6 Å². The molecule has 0 unspecified atom stereocenters. The lowest BCUT2D eigenvalue weighted by Gasteiger charge is -2.39. The van der Waals surface area contributed by atoms with Crippen LogP contribution in [-0.2, 0) is 23.6 Å². The van der Waals surface area contributed by atoms with Gasteiger partial charge in [0.05, 0.1) is 27.4 Å². The number of likely N-dealkylation sites (tertiary alicyclic amines) is 2. The minimum Gasteiger partial charge on any atom is -0.385 e. The Morgan fingerprint density at radius 3 is 1.63 bits per heavy atom. The highest BCUT2D eigenvalue weighted by Gasteiger charge is 2.42. The van der Waals surface area contributed by atoms with E-state index in [0.717, 1.165) is 31.6 Å². The Hall–Kier alpha value is -1.92. The van der Waals surface area contributed by atoms with Gasteiger partial charge in [-0.25, -0.2) is 4.39 Å². The molecule has 0 spiro atoms. The number of aliphatic hydroxyl groups is 2. The predicted octanol–water partition coefficient (Wildman–Crippen LogP) is 7.20. The summed E-state index contributed by atoms with van der Waals surface area (Å²) in [7, 11) is 0. The highest BCUT2D eigenvalue weighted by Crippen LogP contribution is 2.43. The number of hydrogen-bond acceptors (Lipinski definition) is 4. The van der Waals surface area contributed by atoms with Gasteiger partial charge in [0.15, 0.2) is 0 Å². The summed E-state index contributed by atoms with van der Waals surface area (Å²) in [5.74, 6) is -1.35. The summed E-state index contributed by atoms with van der Waals surface area (Å²) in [4.78, 5) is 4.27. The molecule has 230 valence electrons. The molecule has 2 saturated heterocycles. The van der Waals surface area contributed by atoms with Crippen molar-refractivity contribution in [2.75, 3.05) is 39.3 Å². The highest BCUT2D eigenvalue weighted by molar-refractivity contribution is 6.32. The van der Waals surface area contributed by atoms with E-state index in [0.29, 0.717) is 45.1 Å². The van der Waals surface area contributed by atoms with E-state index in [1.165, 1.54) is 18.2 Å². The van der Waals surface area contributed by atoms with Crippen LogP contribution in [0.3, 0.4) is 0 Å². The number of nitrogens with zero attached hydrogens (tertiary/aromatic N) is 2. The maximum atomic E-state index is 14.1. The first-order chi connectivity index (χ1) is 19.1. The van der Waals surface area contributed by atoms with Gasteiger partial charge in [-0.3, -0.25) is 0 Å². The van der Waals surface area contributed by atoms with E-state index in [2.05, 4.69) is 16.7 Å². The van der Waals surface area contributed by atoms with Crippen molar-refractivity contribution in [1.29, 1.82) is 0 Å². The predicted molar refractivity (Wildman–Crippen MR) is 143 cm³/mol. The summed E-state index contributed by atoms with van der Waals surface area (Å²) in [5, 5.41) is 20.8. The molecule has 2 aliphatic heterocycles. The topological polar surface area (TPSA) is 46.9 Å². The third-order valence-electron chi connectivity index (χ3n) is 7.96. The molecular weight excluding hydrogens is 577 g/mol. The molecule has 0 amide bonds. The Balaban J connectivity index is 0.000000226. The van der Waals surface area contributed by atoms with Crippen LogP contribution in [0.2, 0.25) is 5.02 Å². The van der Waals surface area contributed by atoms with Gasteiger partial charge < -0.3 is 20.0 Å². The summed E-state index contributed by atoms with van der Waals surface area (Å²) >= 11 is 5.92. The van der Waals surface area contributed by atoms with Crippen molar-refractivity contribution < 1.29 is 40.9 Å². The number of alkyl halides is 6. The van der Waals surface area contributed by atoms with Gasteiger partial charge in [-0.05, 0) is 57.3 Å². The fraction of sp³-hybridized carbons (Fsp3) is 0.586. The van der Waals surface area contributed by atoms with Gasteiger partial charge in [-0.2, -0.15) is 26.3 Å². The third kappa shape index (κ3) is 7.93. The maximum absolute atomic E-state index is 14.1. The molecule has 2 heterocycles. The van der Waals surface area contributed by atoms with Crippen LogP contribution in [-0.4, -0.2) is 59.3 Å².